The Hall–Kier alpha value is -4.24. The van der Waals surface area contributed by atoms with Crippen LogP contribution in [0.5, 0.6) is 11.5 Å². The van der Waals surface area contributed by atoms with Crippen molar-refractivity contribution in [1.82, 2.24) is 10.3 Å². The van der Waals surface area contributed by atoms with Crippen molar-refractivity contribution in [1.29, 1.82) is 0 Å². The third-order valence-electron chi connectivity index (χ3n) is 6.78. The zero-order valence-corrected chi connectivity index (χ0v) is 28.4. The van der Waals surface area contributed by atoms with Crippen LogP contribution in [0.4, 0.5) is 0 Å². The fourth-order valence-electron chi connectivity index (χ4n) is 4.46. The Balaban J connectivity index is 1.59. The Bertz CT molecular complexity index is 1590. The molecule has 0 bridgehead atoms. The van der Waals surface area contributed by atoms with Gasteiger partial charge in [0.1, 0.15) is 0 Å². The highest BCUT2D eigenvalue weighted by atomic mass is 35.5. The van der Waals surface area contributed by atoms with E-state index in [1.807, 2.05) is 79.7 Å². The quantitative estimate of drug-likeness (QED) is 0.0392. The summed E-state index contributed by atoms with van der Waals surface area (Å²) in [5, 5.41) is 3.40. The molecule has 9 nitrogen and oxygen atoms in total. The van der Waals surface area contributed by atoms with Crippen LogP contribution in [-0.2, 0) is 36.3 Å². The summed E-state index contributed by atoms with van der Waals surface area (Å²) in [6, 6.07) is 27.9. The first-order valence-electron chi connectivity index (χ1n) is 14.7. The Labute approximate surface area is 282 Å². The molecule has 0 saturated carbocycles. The van der Waals surface area contributed by atoms with Gasteiger partial charge in [0.25, 0.3) is 0 Å². The molecule has 246 valence electrons. The van der Waals surface area contributed by atoms with Crippen molar-refractivity contribution < 1.29 is 32.6 Å². The van der Waals surface area contributed by atoms with Crippen LogP contribution in [0.3, 0.4) is 0 Å². The molecule has 0 aliphatic carbocycles. The topological polar surface area (TPSA) is 97.4 Å². The van der Waals surface area contributed by atoms with Crippen LogP contribution >= 0.6 is 20.2 Å². The van der Waals surface area contributed by atoms with Crippen molar-refractivity contribution in [2.45, 2.75) is 33.1 Å². The second kappa shape index (κ2) is 18.8. The normalized spacial score (nSPS) is 12.5. The predicted octanol–water partition coefficient (Wildman–Crippen LogP) is 8.40. The summed E-state index contributed by atoms with van der Waals surface area (Å²) < 4.78 is 34.8. The van der Waals surface area contributed by atoms with Gasteiger partial charge in [-0.05, 0) is 47.9 Å². The minimum Gasteiger partial charge on any atom is -0.493 e. The van der Waals surface area contributed by atoms with Gasteiger partial charge in [0.15, 0.2) is 18.3 Å². The fourth-order valence-corrected chi connectivity index (χ4v) is 5.66. The molecule has 0 spiro atoms. The molecule has 0 saturated heterocycles. The van der Waals surface area contributed by atoms with Gasteiger partial charge in [0.05, 0.1) is 44.8 Å². The van der Waals surface area contributed by atoms with E-state index in [2.05, 4.69) is 10.3 Å². The first-order valence-corrected chi connectivity index (χ1v) is 16.2. The fraction of sp³-hybridized carbons (Fsp3) is 0.222. The average molecular weight is 677 g/mol. The highest BCUT2D eigenvalue weighted by Crippen LogP contribution is 2.42. The number of ether oxygens (including phenoxy) is 3. The zero-order valence-electron chi connectivity index (χ0n) is 26.7. The maximum Gasteiger partial charge on any atom is 0.336 e. The summed E-state index contributed by atoms with van der Waals surface area (Å²) in [5.41, 5.74) is 4.68. The van der Waals surface area contributed by atoms with Gasteiger partial charge in [-0.15, -0.1) is 0 Å². The highest BCUT2D eigenvalue weighted by molar-refractivity contribution is 7.41. The number of nitrogens with one attached hydrogen (secondary N) is 1. The summed E-state index contributed by atoms with van der Waals surface area (Å²) in [7, 11) is 1.32. The maximum atomic E-state index is 12.5. The number of aryl methyl sites for hydroxylation is 1. The number of pyridine rings is 1. The van der Waals surface area contributed by atoms with Crippen LogP contribution < -0.4 is 14.8 Å². The molecule has 0 aliphatic heterocycles. The molecule has 1 unspecified atom stereocenters. The Morgan fingerprint density at radius 3 is 2.09 bits per heavy atom. The van der Waals surface area contributed by atoms with Crippen LogP contribution in [-0.4, -0.2) is 31.9 Å². The Morgan fingerprint density at radius 1 is 0.872 bits per heavy atom. The van der Waals surface area contributed by atoms with E-state index in [1.54, 1.807) is 44.7 Å². The van der Waals surface area contributed by atoms with Crippen molar-refractivity contribution in [3.63, 3.8) is 0 Å². The van der Waals surface area contributed by atoms with Crippen molar-refractivity contribution in [3.05, 3.63) is 143 Å². The van der Waals surface area contributed by atoms with Crippen molar-refractivity contribution in [2.24, 2.45) is 0 Å². The monoisotopic (exact) mass is 676 g/mol. The minimum atomic E-state index is -1.79. The van der Waals surface area contributed by atoms with Crippen molar-refractivity contribution in [2.75, 3.05) is 21.0 Å². The first kappa shape index (κ1) is 35.6. The third kappa shape index (κ3) is 11.2. The standard InChI is InChI=1S/C36H38ClN2O7P/c1-26-32(16-11-19-38-26)33(37)20-31(36(39-27(2)40)30-17-18-34(41-3)35(21-30)42-4)24-43-25-46-47(44-22-28-12-7-5-8-13-28)45-23-29-14-9-6-10-15-29/h5-21,24,36H,22-23,25H2,1-4H3,(H,39,40)/b31-24-,33-20+. The lowest BCUT2D eigenvalue weighted by atomic mass is 9.97. The zero-order chi connectivity index (χ0) is 33.4. The van der Waals surface area contributed by atoms with Crippen LogP contribution in [0.2, 0.25) is 0 Å². The highest BCUT2D eigenvalue weighted by Gasteiger charge is 2.21. The van der Waals surface area contributed by atoms with E-state index < -0.39 is 14.6 Å². The molecule has 1 N–H and O–H groups in total. The second-order valence-electron chi connectivity index (χ2n) is 10.1. The molecule has 4 rings (SSSR count). The SMILES string of the molecule is COc1ccc(C(NC(C)=O)C(=C\OCOP(OCc2ccccc2)OCc2ccccc2)/C=C(/Cl)c2cccnc2C)cc1OC. The van der Waals surface area contributed by atoms with Gasteiger partial charge in [-0.25, -0.2) is 0 Å². The van der Waals surface area contributed by atoms with Gasteiger partial charge >= 0.3 is 8.60 Å². The molecule has 1 aromatic heterocycles. The van der Waals surface area contributed by atoms with Crippen LogP contribution in [0, 0.1) is 6.92 Å². The molecular weight excluding hydrogens is 639 g/mol. The van der Waals surface area contributed by atoms with E-state index in [0.717, 1.165) is 22.4 Å². The molecule has 0 aliphatic rings. The van der Waals surface area contributed by atoms with E-state index in [0.29, 0.717) is 40.9 Å². The van der Waals surface area contributed by atoms with Gasteiger partial charge in [-0.2, -0.15) is 0 Å². The lowest BCUT2D eigenvalue weighted by Gasteiger charge is -2.22. The van der Waals surface area contributed by atoms with Gasteiger partial charge in [0.2, 0.25) is 5.91 Å². The van der Waals surface area contributed by atoms with Crippen molar-refractivity contribution >= 4 is 31.1 Å². The maximum absolute atomic E-state index is 12.5. The predicted molar refractivity (Wildman–Crippen MR) is 183 cm³/mol. The van der Waals surface area contributed by atoms with E-state index >= 15 is 0 Å². The van der Waals surface area contributed by atoms with Crippen LogP contribution in [0.15, 0.2) is 115 Å². The first-order chi connectivity index (χ1) is 22.9. The number of nitrogens with zero attached hydrogens (tertiary/aromatic N) is 1. The molecule has 11 heteroatoms. The van der Waals surface area contributed by atoms with Gasteiger partial charge in [-0.3, -0.25) is 14.3 Å². The second-order valence-corrected chi connectivity index (χ2v) is 11.8. The van der Waals surface area contributed by atoms with Gasteiger partial charge in [0, 0.05) is 30.0 Å². The molecule has 1 atom stereocenters. The number of carbonyl (C=O) groups is 1. The number of halogens is 1. The van der Waals surface area contributed by atoms with E-state index in [9.17, 15) is 4.79 Å². The number of methoxy groups -OCH3 is 2. The molecule has 3 aromatic carbocycles. The third-order valence-corrected chi connectivity index (χ3v) is 8.09. The van der Waals surface area contributed by atoms with Crippen molar-refractivity contribution in [3.8, 4) is 11.5 Å². The van der Waals surface area contributed by atoms with E-state index in [4.69, 9.17) is 39.4 Å². The molecule has 0 radical (unpaired) electrons. The van der Waals surface area contributed by atoms with Crippen LogP contribution in [0.25, 0.3) is 5.03 Å². The lowest BCUT2D eigenvalue weighted by molar-refractivity contribution is -0.119. The minimum absolute atomic E-state index is 0.200. The number of rotatable bonds is 17. The molecular formula is C36H38ClN2O7P. The summed E-state index contributed by atoms with van der Waals surface area (Å²) in [4.78, 5) is 16.8. The number of amides is 1. The summed E-state index contributed by atoms with van der Waals surface area (Å²) in [5.74, 6) is 0.784. The molecule has 0 fully saturated rings. The largest absolute Gasteiger partial charge is 0.493 e. The van der Waals surface area contributed by atoms with Gasteiger partial charge < -0.3 is 28.6 Å². The Kier molecular flexibility index (Phi) is 14.2. The number of aromatic nitrogens is 1. The van der Waals surface area contributed by atoms with Crippen LogP contribution in [0.1, 0.15) is 40.9 Å². The molecule has 1 amide bonds. The average Bonchev–Trinajstić information content (AvgIpc) is 3.10. The summed E-state index contributed by atoms with van der Waals surface area (Å²) in [6.07, 6.45) is 4.92. The number of carbonyl (C=O) groups excluding carboxylic acids is 1. The van der Waals surface area contributed by atoms with E-state index in [1.165, 1.54) is 13.2 Å². The summed E-state index contributed by atoms with van der Waals surface area (Å²) >= 11 is 6.84. The number of benzene rings is 3. The molecule has 4 aromatic rings. The number of hydrogen-bond donors (Lipinski definition) is 1. The Morgan fingerprint density at radius 2 is 1.51 bits per heavy atom. The lowest BCUT2D eigenvalue weighted by Crippen LogP contribution is -2.27. The van der Waals surface area contributed by atoms with E-state index in [-0.39, 0.29) is 12.7 Å². The smallest absolute Gasteiger partial charge is 0.336 e. The molecule has 47 heavy (non-hydrogen) atoms. The molecule has 1 heterocycles. The summed E-state index contributed by atoms with van der Waals surface area (Å²) in [6.45, 7) is 3.71. The van der Waals surface area contributed by atoms with Gasteiger partial charge in [-0.1, -0.05) is 84.4 Å². The number of hydrogen-bond acceptors (Lipinski definition) is 8.